The van der Waals surface area contributed by atoms with E-state index >= 15 is 0 Å². The molecule has 0 radical (unpaired) electrons. The summed E-state index contributed by atoms with van der Waals surface area (Å²) in [5.74, 6) is -0.119. The van der Waals surface area contributed by atoms with Gasteiger partial charge in [-0.15, -0.1) is 0 Å². The lowest BCUT2D eigenvalue weighted by Gasteiger charge is -2.38. The van der Waals surface area contributed by atoms with Crippen molar-refractivity contribution in [3.8, 4) is 0 Å². The molecule has 6 nitrogen and oxygen atoms in total. The summed E-state index contributed by atoms with van der Waals surface area (Å²) in [4.78, 5) is 27.1. The highest BCUT2D eigenvalue weighted by Gasteiger charge is 2.35. The molecule has 0 saturated carbocycles. The van der Waals surface area contributed by atoms with Crippen molar-refractivity contribution in [1.29, 1.82) is 0 Å². The van der Waals surface area contributed by atoms with Gasteiger partial charge in [0.25, 0.3) is 0 Å². The summed E-state index contributed by atoms with van der Waals surface area (Å²) in [5, 5.41) is 2.65. The molecule has 6 heteroatoms. The highest BCUT2D eigenvalue weighted by molar-refractivity contribution is 5.98. The van der Waals surface area contributed by atoms with Crippen LogP contribution in [0.2, 0.25) is 0 Å². The molecule has 0 aromatic carbocycles. The highest BCUT2D eigenvalue weighted by Crippen LogP contribution is 2.15. The van der Waals surface area contributed by atoms with E-state index in [1.54, 1.807) is 0 Å². The third-order valence-electron chi connectivity index (χ3n) is 3.48. The predicted molar refractivity (Wildman–Crippen MR) is 66.2 cm³/mol. The van der Waals surface area contributed by atoms with Gasteiger partial charge in [-0.1, -0.05) is 0 Å². The van der Waals surface area contributed by atoms with Crippen LogP contribution in [0.1, 0.15) is 20.8 Å². The normalized spacial score (nSPS) is 31.3. The van der Waals surface area contributed by atoms with Gasteiger partial charge in [0.2, 0.25) is 5.91 Å². The number of urea groups is 1. The summed E-state index contributed by atoms with van der Waals surface area (Å²) in [6.07, 6.45) is 0.243. The molecule has 0 unspecified atom stereocenters. The maximum Gasteiger partial charge on any atom is 0.324 e. The Kier molecular flexibility index (Phi) is 3.87. The Morgan fingerprint density at radius 1 is 1.39 bits per heavy atom. The molecule has 2 rings (SSSR count). The van der Waals surface area contributed by atoms with Crippen LogP contribution >= 0.6 is 0 Å². The molecule has 3 amide bonds. The summed E-state index contributed by atoms with van der Waals surface area (Å²) in [6.45, 7) is 8.34. The molecule has 0 aromatic heterocycles. The van der Waals surface area contributed by atoms with Crippen molar-refractivity contribution in [3.63, 3.8) is 0 Å². The number of carbonyl (C=O) groups excluding carboxylic acids is 2. The van der Waals surface area contributed by atoms with Crippen LogP contribution < -0.4 is 5.32 Å². The fraction of sp³-hybridized carbons (Fsp3) is 0.833. The minimum Gasteiger partial charge on any atom is -0.373 e. The summed E-state index contributed by atoms with van der Waals surface area (Å²) < 4.78 is 5.65. The largest absolute Gasteiger partial charge is 0.373 e. The number of carbonyl (C=O) groups is 2. The third kappa shape index (κ3) is 2.64. The van der Waals surface area contributed by atoms with Gasteiger partial charge in [0.1, 0.15) is 0 Å². The smallest absolute Gasteiger partial charge is 0.324 e. The molecule has 18 heavy (non-hydrogen) atoms. The molecule has 0 bridgehead atoms. The number of hydrogen-bond acceptors (Lipinski definition) is 4. The Hall–Kier alpha value is -1.14. The predicted octanol–water partition coefficient (Wildman–Crippen LogP) is 0.0359. The van der Waals surface area contributed by atoms with Crippen LogP contribution in [0.25, 0.3) is 0 Å². The number of hydrogen-bond donors (Lipinski definition) is 1. The second-order valence-electron chi connectivity index (χ2n) is 5.11. The Labute approximate surface area is 107 Å². The Morgan fingerprint density at radius 2 is 2.00 bits per heavy atom. The number of ether oxygens (including phenoxy) is 1. The second kappa shape index (κ2) is 5.24. The maximum atomic E-state index is 12.3. The molecule has 2 aliphatic rings. The van der Waals surface area contributed by atoms with Gasteiger partial charge in [-0.25, -0.2) is 4.79 Å². The molecule has 102 valence electrons. The summed E-state index contributed by atoms with van der Waals surface area (Å²) in [6, 6.07) is -0.552. The van der Waals surface area contributed by atoms with Gasteiger partial charge in [0.05, 0.1) is 18.2 Å². The molecular weight excluding hydrogens is 234 g/mol. The first-order valence-corrected chi connectivity index (χ1v) is 6.47. The minimum absolute atomic E-state index is 0.119. The number of nitrogens with zero attached hydrogens (tertiary/aromatic N) is 2. The van der Waals surface area contributed by atoms with Crippen molar-refractivity contribution in [1.82, 2.24) is 15.1 Å². The van der Waals surface area contributed by atoms with E-state index in [2.05, 4.69) is 10.2 Å². The topological polar surface area (TPSA) is 61.9 Å². The van der Waals surface area contributed by atoms with Crippen molar-refractivity contribution >= 4 is 11.9 Å². The van der Waals surface area contributed by atoms with Crippen molar-refractivity contribution in [2.45, 2.75) is 39.0 Å². The first kappa shape index (κ1) is 13.3. The van der Waals surface area contributed by atoms with Crippen molar-refractivity contribution < 1.29 is 14.3 Å². The number of rotatable bonds is 2. The molecule has 1 N–H and O–H groups in total. The summed E-state index contributed by atoms with van der Waals surface area (Å²) >= 11 is 0. The van der Waals surface area contributed by atoms with Gasteiger partial charge < -0.3 is 10.1 Å². The highest BCUT2D eigenvalue weighted by atomic mass is 16.5. The van der Waals surface area contributed by atoms with Gasteiger partial charge in [-0.05, 0) is 20.8 Å². The van der Waals surface area contributed by atoms with E-state index in [1.807, 2.05) is 20.8 Å². The zero-order valence-electron chi connectivity index (χ0n) is 11.2. The molecule has 2 saturated heterocycles. The van der Waals surface area contributed by atoms with Crippen LogP contribution in [0.3, 0.4) is 0 Å². The zero-order valence-corrected chi connectivity index (χ0v) is 11.2. The van der Waals surface area contributed by atoms with E-state index in [4.69, 9.17) is 4.74 Å². The van der Waals surface area contributed by atoms with Gasteiger partial charge in [-0.3, -0.25) is 14.6 Å². The van der Waals surface area contributed by atoms with E-state index in [0.29, 0.717) is 13.1 Å². The Morgan fingerprint density at radius 3 is 2.50 bits per heavy atom. The van der Waals surface area contributed by atoms with E-state index in [1.165, 1.54) is 4.90 Å². The van der Waals surface area contributed by atoms with E-state index in [-0.39, 0.29) is 30.2 Å². The van der Waals surface area contributed by atoms with Crippen molar-refractivity contribution in [3.05, 3.63) is 0 Å². The van der Waals surface area contributed by atoms with Crippen LogP contribution in [-0.4, -0.2) is 66.2 Å². The van der Waals surface area contributed by atoms with Gasteiger partial charge in [0, 0.05) is 26.2 Å². The quantitative estimate of drug-likeness (QED) is 0.756. The third-order valence-corrected chi connectivity index (χ3v) is 3.48. The molecular formula is C12H21N3O3. The lowest BCUT2D eigenvalue weighted by Crippen LogP contribution is -2.55. The summed E-state index contributed by atoms with van der Waals surface area (Å²) in [7, 11) is 0. The molecule has 2 heterocycles. The molecule has 3 atom stereocenters. The first-order valence-electron chi connectivity index (χ1n) is 6.47. The van der Waals surface area contributed by atoms with Crippen molar-refractivity contribution in [2.24, 2.45) is 0 Å². The van der Waals surface area contributed by atoms with Crippen LogP contribution in [0.4, 0.5) is 4.79 Å². The first-order chi connectivity index (χ1) is 8.49. The average Bonchev–Trinajstić information content (AvgIpc) is 2.72. The number of morpholine rings is 1. The van der Waals surface area contributed by atoms with Crippen LogP contribution in [0, 0.1) is 0 Å². The monoisotopic (exact) mass is 255 g/mol. The number of amides is 3. The van der Waals surface area contributed by atoms with Gasteiger partial charge >= 0.3 is 6.03 Å². The SMILES string of the molecule is C[C@H]1CN([C@@H](C)C(=O)N2CCNC2=O)C[C@H](C)O1. The summed E-state index contributed by atoms with van der Waals surface area (Å²) in [5.41, 5.74) is 0. The van der Waals surface area contributed by atoms with E-state index in [0.717, 1.165) is 13.1 Å². The van der Waals surface area contributed by atoms with Crippen molar-refractivity contribution in [2.75, 3.05) is 26.2 Å². The lowest BCUT2D eigenvalue weighted by atomic mass is 10.1. The lowest BCUT2D eigenvalue weighted by molar-refractivity contribution is -0.138. The number of imide groups is 1. The van der Waals surface area contributed by atoms with Gasteiger partial charge in [0.15, 0.2) is 0 Å². The van der Waals surface area contributed by atoms with Gasteiger partial charge in [-0.2, -0.15) is 0 Å². The van der Waals surface area contributed by atoms with E-state index in [9.17, 15) is 9.59 Å². The fourth-order valence-corrected chi connectivity index (χ4v) is 2.60. The standard InChI is InChI=1S/C12H21N3O3/c1-8-6-14(7-9(2)18-8)10(3)11(16)15-5-4-13-12(15)17/h8-10H,4-7H2,1-3H3,(H,13,17)/t8-,9-,10-/m0/s1. The van der Waals surface area contributed by atoms with E-state index < -0.39 is 0 Å². The molecule has 0 aliphatic carbocycles. The van der Waals surface area contributed by atoms with Crippen LogP contribution in [-0.2, 0) is 9.53 Å². The molecule has 0 aromatic rings. The maximum absolute atomic E-state index is 12.3. The Bertz CT molecular complexity index is 337. The fourth-order valence-electron chi connectivity index (χ4n) is 2.60. The molecule has 2 fully saturated rings. The minimum atomic E-state index is -0.277. The molecule has 2 aliphatic heterocycles. The molecule has 0 spiro atoms. The zero-order chi connectivity index (χ0) is 13.3. The van der Waals surface area contributed by atoms with Crippen LogP contribution in [0.15, 0.2) is 0 Å². The Balaban J connectivity index is 1.99. The second-order valence-corrected chi connectivity index (χ2v) is 5.11. The van der Waals surface area contributed by atoms with Crippen LogP contribution in [0.5, 0.6) is 0 Å². The average molecular weight is 255 g/mol. The number of nitrogens with one attached hydrogen (secondary N) is 1.